The zero-order valence-corrected chi connectivity index (χ0v) is 9.94. The molecule has 3 heteroatoms. The maximum atomic E-state index is 13.8. The van der Waals surface area contributed by atoms with Gasteiger partial charge in [0.2, 0.25) is 0 Å². The normalized spacial score (nSPS) is 16.4. The fourth-order valence-electron chi connectivity index (χ4n) is 1.71. The van der Waals surface area contributed by atoms with Crippen LogP contribution in [0.3, 0.4) is 0 Å². The van der Waals surface area contributed by atoms with Crippen LogP contribution in [-0.2, 0) is 0 Å². The molecule has 0 amide bonds. The average Bonchev–Trinajstić information content (AvgIpc) is 2.92. The maximum absolute atomic E-state index is 13.8. The van der Waals surface area contributed by atoms with E-state index in [1.807, 2.05) is 0 Å². The van der Waals surface area contributed by atoms with Crippen LogP contribution in [0.2, 0.25) is 0 Å². The summed E-state index contributed by atoms with van der Waals surface area (Å²) in [6.07, 6.45) is 3.78. The molecule has 1 saturated carbocycles. The van der Waals surface area contributed by atoms with Gasteiger partial charge in [-0.2, -0.15) is 0 Å². The summed E-state index contributed by atoms with van der Waals surface area (Å²) in [6.45, 7) is 4.11. The second-order valence-electron chi connectivity index (χ2n) is 4.15. The molecule has 1 fully saturated rings. The van der Waals surface area contributed by atoms with E-state index in [9.17, 15) is 4.39 Å². The van der Waals surface area contributed by atoms with E-state index >= 15 is 0 Å². The van der Waals surface area contributed by atoms with Gasteiger partial charge < -0.3 is 0 Å². The topological polar surface area (TPSA) is 12.9 Å². The summed E-state index contributed by atoms with van der Waals surface area (Å²) in [5, 5.41) is 0. The van der Waals surface area contributed by atoms with E-state index in [1.165, 1.54) is 0 Å². The molecule has 1 aromatic rings. The summed E-state index contributed by atoms with van der Waals surface area (Å²) in [5.74, 6) is 0.608. The highest BCUT2D eigenvalue weighted by atomic mass is 79.9. The molecule has 0 aliphatic heterocycles. The monoisotopic (exact) mass is 257 g/mol. The van der Waals surface area contributed by atoms with Gasteiger partial charge in [0.05, 0.1) is 4.47 Å². The van der Waals surface area contributed by atoms with E-state index < -0.39 is 0 Å². The fraction of sp³-hybridized carbons (Fsp3) is 0.545. The summed E-state index contributed by atoms with van der Waals surface area (Å²) in [5.41, 5.74) is 1.77. The summed E-state index contributed by atoms with van der Waals surface area (Å²) >= 11 is 3.19. The lowest BCUT2D eigenvalue weighted by atomic mass is 10.00. The Morgan fingerprint density at radius 3 is 2.64 bits per heavy atom. The zero-order chi connectivity index (χ0) is 10.3. The number of halogens is 2. The summed E-state index contributed by atoms with van der Waals surface area (Å²) in [6, 6.07) is 0. The Morgan fingerprint density at radius 1 is 1.50 bits per heavy atom. The third-order valence-electron chi connectivity index (χ3n) is 2.57. The molecule has 0 radical (unpaired) electrons. The molecule has 0 atom stereocenters. The number of rotatable bonds is 2. The molecule has 0 aromatic carbocycles. The molecule has 1 aromatic heterocycles. The Hall–Kier alpha value is -0.440. The highest BCUT2D eigenvalue weighted by Crippen LogP contribution is 2.45. The zero-order valence-electron chi connectivity index (χ0n) is 8.35. The van der Waals surface area contributed by atoms with Gasteiger partial charge in [0.15, 0.2) is 0 Å². The Kier molecular flexibility index (Phi) is 2.60. The standard InChI is InChI=1S/C11H13BrFN/c1-6(2)11-9(7-3-4-7)10(13)8(12)5-14-11/h5-7H,3-4H2,1-2H3. The molecule has 1 aliphatic rings. The van der Waals surface area contributed by atoms with Crippen molar-refractivity contribution in [1.82, 2.24) is 4.98 Å². The Labute approximate surface area is 91.9 Å². The molecule has 0 spiro atoms. The molecule has 0 unspecified atom stereocenters. The third-order valence-corrected chi connectivity index (χ3v) is 3.12. The molecule has 2 rings (SSSR count). The van der Waals surface area contributed by atoms with E-state index in [1.54, 1.807) is 6.20 Å². The van der Waals surface area contributed by atoms with Gasteiger partial charge in [0, 0.05) is 17.5 Å². The molecule has 76 valence electrons. The van der Waals surface area contributed by atoms with E-state index in [-0.39, 0.29) is 5.82 Å². The first kappa shape index (κ1) is 10.1. The Balaban J connectivity index is 2.54. The van der Waals surface area contributed by atoms with Crippen LogP contribution < -0.4 is 0 Å². The van der Waals surface area contributed by atoms with Crippen LogP contribution in [0.25, 0.3) is 0 Å². The highest BCUT2D eigenvalue weighted by molar-refractivity contribution is 9.10. The van der Waals surface area contributed by atoms with Gasteiger partial charge in [0.1, 0.15) is 5.82 Å². The van der Waals surface area contributed by atoms with E-state index in [0.717, 1.165) is 24.1 Å². The maximum Gasteiger partial charge on any atom is 0.144 e. The van der Waals surface area contributed by atoms with Gasteiger partial charge in [-0.15, -0.1) is 0 Å². The third kappa shape index (κ3) is 1.70. The van der Waals surface area contributed by atoms with Crippen molar-refractivity contribution in [2.45, 2.75) is 38.5 Å². The van der Waals surface area contributed by atoms with Crippen molar-refractivity contribution in [3.63, 3.8) is 0 Å². The first-order valence-electron chi connectivity index (χ1n) is 4.95. The van der Waals surface area contributed by atoms with Crippen molar-refractivity contribution in [3.8, 4) is 0 Å². The molecular weight excluding hydrogens is 245 g/mol. The lowest BCUT2D eigenvalue weighted by Crippen LogP contribution is -2.02. The molecule has 1 nitrogen and oxygen atoms in total. The summed E-state index contributed by atoms with van der Waals surface area (Å²) < 4.78 is 14.3. The van der Waals surface area contributed by atoms with E-state index in [4.69, 9.17) is 0 Å². The first-order chi connectivity index (χ1) is 6.61. The van der Waals surface area contributed by atoms with Crippen LogP contribution in [0, 0.1) is 5.82 Å². The quantitative estimate of drug-likeness (QED) is 0.781. The molecule has 0 saturated heterocycles. The van der Waals surface area contributed by atoms with Crippen LogP contribution in [-0.4, -0.2) is 4.98 Å². The van der Waals surface area contributed by atoms with Gasteiger partial charge in [-0.25, -0.2) is 4.39 Å². The smallest absolute Gasteiger partial charge is 0.144 e. The minimum Gasteiger partial charge on any atom is -0.259 e. The Morgan fingerprint density at radius 2 is 2.14 bits per heavy atom. The van der Waals surface area contributed by atoms with E-state index in [2.05, 4.69) is 34.8 Å². The van der Waals surface area contributed by atoms with Crippen molar-refractivity contribution in [3.05, 3.63) is 27.7 Å². The van der Waals surface area contributed by atoms with Crippen LogP contribution in [0.4, 0.5) is 4.39 Å². The summed E-state index contributed by atoms with van der Waals surface area (Å²) in [7, 11) is 0. The van der Waals surface area contributed by atoms with Gasteiger partial charge in [-0.1, -0.05) is 13.8 Å². The fourth-order valence-corrected chi connectivity index (χ4v) is 2.03. The van der Waals surface area contributed by atoms with Gasteiger partial charge >= 0.3 is 0 Å². The van der Waals surface area contributed by atoms with Crippen LogP contribution in [0.5, 0.6) is 0 Å². The van der Waals surface area contributed by atoms with E-state index in [0.29, 0.717) is 16.3 Å². The van der Waals surface area contributed by atoms with Crippen molar-refractivity contribution >= 4 is 15.9 Å². The molecule has 1 aliphatic carbocycles. The molecule has 14 heavy (non-hydrogen) atoms. The SMILES string of the molecule is CC(C)c1ncc(Br)c(F)c1C1CC1. The van der Waals surface area contributed by atoms with Gasteiger partial charge in [0.25, 0.3) is 0 Å². The van der Waals surface area contributed by atoms with Crippen LogP contribution in [0.15, 0.2) is 10.7 Å². The average molecular weight is 258 g/mol. The number of aromatic nitrogens is 1. The van der Waals surface area contributed by atoms with Gasteiger partial charge in [-0.05, 0) is 40.6 Å². The second kappa shape index (κ2) is 3.61. The molecule has 0 N–H and O–H groups in total. The lowest BCUT2D eigenvalue weighted by Gasteiger charge is -2.12. The van der Waals surface area contributed by atoms with Gasteiger partial charge in [-0.3, -0.25) is 4.98 Å². The number of hydrogen-bond acceptors (Lipinski definition) is 1. The van der Waals surface area contributed by atoms with Crippen molar-refractivity contribution in [2.24, 2.45) is 0 Å². The Bertz CT molecular complexity index is 359. The second-order valence-corrected chi connectivity index (χ2v) is 5.00. The minimum absolute atomic E-state index is 0.105. The lowest BCUT2D eigenvalue weighted by molar-refractivity contribution is 0.590. The van der Waals surface area contributed by atoms with Crippen molar-refractivity contribution in [1.29, 1.82) is 0 Å². The highest BCUT2D eigenvalue weighted by Gasteiger charge is 2.31. The first-order valence-corrected chi connectivity index (χ1v) is 5.74. The summed E-state index contributed by atoms with van der Waals surface area (Å²) in [4.78, 5) is 4.31. The molecule has 1 heterocycles. The van der Waals surface area contributed by atoms with Crippen LogP contribution >= 0.6 is 15.9 Å². The number of nitrogens with zero attached hydrogens (tertiary/aromatic N) is 1. The van der Waals surface area contributed by atoms with Crippen LogP contribution in [0.1, 0.15) is 49.8 Å². The number of hydrogen-bond donors (Lipinski definition) is 0. The number of pyridine rings is 1. The van der Waals surface area contributed by atoms with Crippen molar-refractivity contribution < 1.29 is 4.39 Å². The molecular formula is C11H13BrFN. The molecule has 0 bridgehead atoms. The largest absolute Gasteiger partial charge is 0.259 e. The minimum atomic E-state index is -0.105. The predicted molar refractivity (Wildman–Crippen MR) is 58.0 cm³/mol. The predicted octanol–water partition coefficient (Wildman–Crippen LogP) is 3.98. The van der Waals surface area contributed by atoms with Crippen molar-refractivity contribution in [2.75, 3.05) is 0 Å².